The van der Waals surface area contributed by atoms with Crippen LogP contribution < -0.4 is 15.0 Å². The number of furan rings is 1. The maximum atomic E-state index is 12.9. The Morgan fingerprint density at radius 3 is 2.54 bits per heavy atom. The Hall–Kier alpha value is -3.68. The summed E-state index contributed by atoms with van der Waals surface area (Å²) in [6.07, 6.45) is 3.06. The van der Waals surface area contributed by atoms with Crippen molar-refractivity contribution in [2.75, 3.05) is 31.1 Å². The number of nitrogens with one attached hydrogen (secondary N) is 1. The molecule has 37 heavy (non-hydrogen) atoms. The molecule has 3 saturated heterocycles. The van der Waals surface area contributed by atoms with Crippen LogP contribution >= 0.6 is 11.8 Å². The van der Waals surface area contributed by atoms with Gasteiger partial charge in [0, 0.05) is 37.7 Å². The minimum Gasteiger partial charge on any atom is -0.469 e. The second-order valence-electron chi connectivity index (χ2n) is 9.09. The number of benzene rings is 1. The molecule has 3 aliphatic heterocycles. The number of amides is 2. The van der Waals surface area contributed by atoms with Crippen molar-refractivity contribution in [3.8, 4) is 5.88 Å². The highest BCUT2D eigenvalue weighted by molar-refractivity contribution is 8.18. The summed E-state index contributed by atoms with van der Waals surface area (Å²) >= 11 is 0.802. The minimum atomic E-state index is -3.52. The molecule has 3 fully saturated rings. The lowest BCUT2D eigenvalue weighted by Gasteiger charge is -2.59. The summed E-state index contributed by atoms with van der Waals surface area (Å²) in [7, 11) is -3.52. The van der Waals surface area contributed by atoms with Gasteiger partial charge in [-0.05, 0) is 42.1 Å². The second-order valence-corrected chi connectivity index (χ2v) is 12.0. The Morgan fingerprint density at radius 2 is 1.86 bits per heavy atom. The topological polar surface area (TPSA) is 135 Å². The highest BCUT2D eigenvalue weighted by Gasteiger charge is 2.56. The van der Waals surface area contributed by atoms with Gasteiger partial charge in [-0.15, -0.1) is 0 Å². The maximum Gasteiger partial charge on any atom is 0.290 e. The molecule has 0 unspecified atom stereocenters. The summed E-state index contributed by atoms with van der Waals surface area (Å²) in [5.41, 5.74) is 0.247. The molecular weight excluding hydrogens is 518 g/mol. The fraction of sp³-hybridized carbons (Fsp3) is 0.250. The van der Waals surface area contributed by atoms with Crippen LogP contribution in [-0.2, 0) is 21.4 Å². The van der Waals surface area contributed by atoms with Gasteiger partial charge < -0.3 is 14.1 Å². The summed E-state index contributed by atoms with van der Waals surface area (Å²) < 4.78 is 38.3. The molecule has 1 N–H and O–H groups in total. The highest BCUT2D eigenvalue weighted by atomic mass is 32.2. The number of imide groups is 1. The van der Waals surface area contributed by atoms with E-state index < -0.39 is 21.2 Å². The van der Waals surface area contributed by atoms with Crippen molar-refractivity contribution < 1.29 is 27.2 Å². The summed E-state index contributed by atoms with van der Waals surface area (Å²) in [5.74, 6) is 0.818. The van der Waals surface area contributed by atoms with E-state index in [1.165, 1.54) is 10.4 Å². The van der Waals surface area contributed by atoms with E-state index in [0.29, 0.717) is 43.6 Å². The predicted molar refractivity (Wildman–Crippen MR) is 134 cm³/mol. The second kappa shape index (κ2) is 9.01. The van der Waals surface area contributed by atoms with Crippen molar-refractivity contribution in [3.63, 3.8) is 0 Å². The normalized spacial score (nSPS) is 20.1. The number of carbonyl (C=O) groups is 2. The van der Waals surface area contributed by atoms with Gasteiger partial charge in [-0.25, -0.2) is 13.4 Å². The number of ether oxygens (including phenoxy) is 1. The molecule has 3 aromatic rings. The molecule has 13 heteroatoms. The third kappa shape index (κ3) is 4.61. The standard InChI is InChI=1S/C24H21N5O6S2/c30-21-19(36-23(31)27-21)9-16-10-20(35-11-17-5-4-8-34-17)26-22(25-16)28-12-24(13-28)14-29(15-24)37(32,33)18-6-2-1-3-7-18/h1-10H,11-15H2,(H,27,30,31)/b19-9+. The Labute approximate surface area is 216 Å². The van der Waals surface area contributed by atoms with Gasteiger partial charge in [0.1, 0.15) is 12.4 Å². The third-order valence-corrected chi connectivity index (χ3v) is 8.93. The molecule has 190 valence electrons. The van der Waals surface area contributed by atoms with Crippen LogP contribution in [0, 0.1) is 5.41 Å². The number of rotatable bonds is 7. The Balaban J connectivity index is 1.18. The van der Waals surface area contributed by atoms with E-state index in [-0.39, 0.29) is 27.7 Å². The van der Waals surface area contributed by atoms with E-state index in [0.717, 1.165) is 11.8 Å². The zero-order valence-corrected chi connectivity index (χ0v) is 21.0. The molecule has 0 bridgehead atoms. The zero-order valence-electron chi connectivity index (χ0n) is 19.4. The van der Waals surface area contributed by atoms with Crippen LogP contribution in [0.1, 0.15) is 11.5 Å². The van der Waals surface area contributed by atoms with Crippen LogP contribution in [0.4, 0.5) is 10.7 Å². The molecule has 5 heterocycles. The van der Waals surface area contributed by atoms with Crippen LogP contribution in [0.2, 0.25) is 0 Å². The molecule has 3 aliphatic rings. The third-order valence-electron chi connectivity index (χ3n) is 6.31. The summed E-state index contributed by atoms with van der Waals surface area (Å²) in [4.78, 5) is 35.1. The number of anilines is 1. The fourth-order valence-electron chi connectivity index (χ4n) is 4.53. The smallest absolute Gasteiger partial charge is 0.290 e. The molecule has 0 radical (unpaired) electrons. The SMILES string of the molecule is O=C1NC(=O)/C(=C\c2cc(OCc3ccco3)nc(N3CC4(C3)CN(S(=O)(=O)c3ccccc3)C4)n2)S1. The monoisotopic (exact) mass is 539 g/mol. The van der Waals surface area contributed by atoms with Crippen LogP contribution in [0.5, 0.6) is 5.88 Å². The van der Waals surface area contributed by atoms with E-state index in [1.54, 1.807) is 54.8 Å². The van der Waals surface area contributed by atoms with Crippen molar-refractivity contribution in [2.45, 2.75) is 11.5 Å². The molecule has 11 nitrogen and oxygen atoms in total. The van der Waals surface area contributed by atoms with Crippen LogP contribution in [0.3, 0.4) is 0 Å². The number of thioether (sulfide) groups is 1. The number of nitrogens with zero attached hydrogens (tertiary/aromatic N) is 4. The lowest BCUT2D eigenvalue weighted by molar-refractivity contribution is -0.115. The van der Waals surface area contributed by atoms with Crippen LogP contribution in [-0.4, -0.2) is 60.0 Å². The number of carbonyl (C=O) groups excluding carboxylic acids is 2. The quantitative estimate of drug-likeness (QED) is 0.446. The summed E-state index contributed by atoms with van der Waals surface area (Å²) in [6.45, 7) is 2.16. The van der Waals surface area contributed by atoms with Gasteiger partial charge >= 0.3 is 0 Å². The largest absolute Gasteiger partial charge is 0.469 e. The number of aromatic nitrogens is 2. The Bertz CT molecular complexity index is 1490. The maximum absolute atomic E-state index is 12.9. The average Bonchev–Trinajstić information content (AvgIpc) is 3.45. The van der Waals surface area contributed by atoms with Crippen LogP contribution in [0.15, 0.2) is 69.0 Å². The van der Waals surface area contributed by atoms with Crippen molar-refractivity contribution in [3.05, 3.63) is 71.2 Å². The molecule has 2 aromatic heterocycles. The van der Waals surface area contributed by atoms with Gasteiger partial charge in [-0.1, -0.05) is 18.2 Å². The molecule has 0 atom stereocenters. The fourth-order valence-corrected chi connectivity index (χ4v) is 6.89. The van der Waals surface area contributed by atoms with Crippen molar-refractivity contribution in [1.29, 1.82) is 0 Å². The van der Waals surface area contributed by atoms with Crippen molar-refractivity contribution >= 4 is 45.0 Å². The van der Waals surface area contributed by atoms with Gasteiger partial charge in [0.15, 0.2) is 0 Å². The lowest BCUT2D eigenvalue weighted by atomic mass is 9.74. The minimum absolute atomic E-state index is 0.156. The van der Waals surface area contributed by atoms with Gasteiger partial charge in [-0.2, -0.15) is 9.29 Å². The Morgan fingerprint density at radius 1 is 1.08 bits per heavy atom. The molecule has 0 aliphatic carbocycles. The first-order valence-corrected chi connectivity index (χ1v) is 13.6. The van der Waals surface area contributed by atoms with E-state index in [1.807, 2.05) is 4.90 Å². The van der Waals surface area contributed by atoms with E-state index in [2.05, 4.69) is 15.3 Å². The summed E-state index contributed by atoms with van der Waals surface area (Å²) in [6, 6.07) is 13.5. The van der Waals surface area contributed by atoms with Gasteiger partial charge in [0.2, 0.25) is 21.9 Å². The van der Waals surface area contributed by atoms with Gasteiger partial charge in [0.05, 0.1) is 21.8 Å². The number of hydrogen-bond donors (Lipinski definition) is 1. The van der Waals surface area contributed by atoms with E-state index in [9.17, 15) is 18.0 Å². The molecule has 6 rings (SSSR count). The van der Waals surface area contributed by atoms with Crippen molar-refractivity contribution in [2.24, 2.45) is 5.41 Å². The first-order valence-electron chi connectivity index (χ1n) is 11.4. The lowest BCUT2D eigenvalue weighted by Crippen LogP contribution is -2.73. The first kappa shape index (κ1) is 23.7. The number of hydrogen-bond acceptors (Lipinski definition) is 10. The molecule has 2 amide bonds. The predicted octanol–water partition coefficient (Wildman–Crippen LogP) is 2.48. The van der Waals surface area contributed by atoms with E-state index >= 15 is 0 Å². The molecule has 1 aromatic carbocycles. The molecule has 1 spiro atoms. The number of sulfonamides is 1. The van der Waals surface area contributed by atoms with Gasteiger partial charge in [-0.3, -0.25) is 14.9 Å². The molecule has 0 saturated carbocycles. The zero-order chi connectivity index (χ0) is 25.6. The molecular formula is C24H21N5O6S2. The first-order chi connectivity index (χ1) is 17.8. The van der Waals surface area contributed by atoms with Crippen LogP contribution in [0.25, 0.3) is 6.08 Å². The Kier molecular flexibility index (Phi) is 5.77. The average molecular weight is 540 g/mol. The summed E-state index contributed by atoms with van der Waals surface area (Å²) in [5, 5.41) is 1.78. The van der Waals surface area contributed by atoms with Crippen molar-refractivity contribution in [1.82, 2.24) is 19.6 Å². The highest BCUT2D eigenvalue weighted by Crippen LogP contribution is 2.43. The van der Waals surface area contributed by atoms with Gasteiger partial charge in [0.25, 0.3) is 11.1 Å². The van der Waals surface area contributed by atoms with E-state index in [4.69, 9.17) is 9.15 Å².